The quantitative estimate of drug-likeness (QED) is 0.594. The lowest BCUT2D eigenvalue weighted by atomic mass is 10.1. The first-order valence-electron chi connectivity index (χ1n) is 8.57. The number of carbonyl (C=O) groups is 1. The van der Waals surface area contributed by atoms with Gasteiger partial charge in [0.15, 0.2) is 5.65 Å². The summed E-state index contributed by atoms with van der Waals surface area (Å²) in [6.07, 6.45) is 6.15. The summed E-state index contributed by atoms with van der Waals surface area (Å²) in [5.41, 5.74) is 3.15. The van der Waals surface area contributed by atoms with Crippen LogP contribution in [0, 0.1) is 0 Å². The van der Waals surface area contributed by atoms with Crippen molar-refractivity contribution in [1.29, 1.82) is 0 Å². The molecule has 27 heavy (non-hydrogen) atoms. The highest BCUT2D eigenvalue weighted by Crippen LogP contribution is 2.34. The van der Waals surface area contributed by atoms with E-state index >= 15 is 0 Å². The highest BCUT2D eigenvalue weighted by Gasteiger charge is 2.23. The predicted molar refractivity (Wildman–Crippen MR) is 102 cm³/mol. The van der Waals surface area contributed by atoms with Gasteiger partial charge in [-0.05, 0) is 32.9 Å². The SMILES string of the molecule is CC(C)(C)n1nc(-c2ccccc2NC(=O)c2ccoc2)c2cncnc21. The number of anilines is 1. The predicted octanol–water partition coefficient (Wildman–Crippen LogP) is 4.09. The minimum Gasteiger partial charge on any atom is -0.472 e. The maximum absolute atomic E-state index is 12.5. The van der Waals surface area contributed by atoms with Gasteiger partial charge in [0.1, 0.15) is 18.3 Å². The molecule has 0 aliphatic rings. The fraction of sp³-hybridized carbons (Fsp3) is 0.200. The number of nitrogens with zero attached hydrogens (tertiary/aromatic N) is 4. The van der Waals surface area contributed by atoms with Crippen molar-refractivity contribution in [1.82, 2.24) is 19.7 Å². The number of fused-ring (bicyclic) bond motifs is 1. The number of aromatic nitrogens is 4. The first-order chi connectivity index (χ1) is 12.9. The van der Waals surface area contributed by atoms with Crippen LogP contribution in [0.1, 0.15) is 31.1 Å². The molecule has 0 atom stereocenters. The molecular weight excluding hydrogens is 342 g/mol. The molecular formula is C20H19N5O2. The number of furan rings is 1. The molecule has 0 bridgehead atoms. The van der Waals surface area contributed by atoms with Gasteiger partial charge in [0.25, 0.3) is 5.91 Å². The zero-order valence-electron chi connectivity index (χ0n) is 15.3. The van der Waals surface area contributed by atoms with Crippen LogP contribution in [-0.2, 0) is 5.54 Å². The number of rotatable bonds is 3. The Bertz CT molecular complexity index is 1110. The van der Waals surface area contributed by atoms with Crippen LogP contribution in [0.3, 0.4) is 0 Å². The van der Waals surface area contributed by atoms with Crippen LogP contribution in [0.4, 0.5) is 5.69 Å². The Morgan fingerprint density at radius 1 is 1.19 bits per heavy atom. The Hall–Kier alpha value is -3.48. The summed E-state index contributed by atoms with van der Waals surface area (Å²) in [5.74, 6) is -0.244. The van der Waals surface area contributed by atoms with Gasteiger partial charge < -0.3 is 9.73 Å². The summed E-state index contributed by atoms with van der Waals surface area (Å²) in [6.45, 7) is 6.20. The van der Waals surface area contributed by atoms with Gasteiger partial charge in [0, 0.05) is 11.8 Å². The number of hydrogen-bond acceptors (Lipinski definition) is 5. The van der Waals surface area contributed by atoms with E-state index in [1.165, 1.54) is 18.9 Å². The molecule has 0 aliphatic carbocycles. The van der Waals surface area contributed by atoms with Gasteiger partial charge in [-0.25, -0.2) is 14.6 Å². The van der Waals surface area contributed by atoms with Gasteiger partial charge in [-0.3, -0.25) is 4.79 Å². The number of amides is 1. The molecule has 3 heterocycles. The van der Waals surface area contributed by atoms with Crippen LogP contribution in [0.15, 0.2) is 59.8 Å². The molecule has 7 heteroatoms. The molecule has 0 aliphatic heterocycles. The van der Waals surface area contributed by atoms with E-state index in [0.29, 0.717) is 11.3 Å². The minimum atomic E-state index is -0.250. The first kappa shape index (κ1) is 17.0. The molecule has 0 unspecified atom stereocenters. The van der Waals surface area contributed by atoms with Crippen molar-refractivity contribution in [2.45, 2.75) is 26.3 Å². The third-order valence-electron chi connectivity index (χ3n) is 4.20. The summed E-state index contributed by atoms with van der Waals surface area (Å²) in [6, 6.07) is 9.17. The number of para-hydroxylation sites is 1. The van der Waals surface area contributed by atoms with Crippen LogP contribution >= 0.6 is 0 Å². The molecule has 4 rings (SSSR count). The van der Waals surface area contributed by atoms with Crippen molar-refractivity contribution >= 4 is 22.6 Å². The van der Waals surface area contributed by atoms with Crippen molar-refractivity contribution < 1.29 is 9.21 Å². The standard InChI is InChI=1S/C20H19N5O2/c1-20(2,3)25-18-15(10-21-12-22-18)17(24-25)14-6-4-5-7-16(14)23-19(26)13-8-9-27-11-13/h4-12H,1-3H3,(H,23,26). The van der Waals surface area contributed by atoms with Crippen LogP contribution in [-0.4, -0.2) is 25.7 Å². The summed E-state index contributed by atoms with van der Waals surface area (Å²) in [4.78, 5) is 21.0. The maximum Gasteiger partial charge on any atom is 0.258 e. The number of carbonyl (C=O) groups excluding carboxylic acids is 1. The molecule has 0 saturated carbocycles. The average molecular weight is 361 g/mol. The molecule has 1 aromatic carbocycles. The van der Waals surface area contributed by atoms with E-state index in [1.54, 1.807) is 12.3 Å². The topological polar surface area (TPSA) is 85.8 Å². The lowest BCUT2D eigenvalue weighted by Crippen LogP contribution is -2.23. The normalized spacial score (nSPS) is 11.7. The molecule has 0 radical (unpaired) electrons. The molecule has 3 aromatic heterocycles. The monoisotopic (exact) mass is 361 g/mol. The number of hydrogen-bond donors (Lipinski definition) is 1. The highest BCUT2D eigenvalue weighted by atomic mass is 16.3. The second kappa shape index (κ2) is 6.35. The van der Waals surface area contributed by atoms with Crippen molar-refractivity contribution in [3.63, 3.8) is 0 Å². The van der Waals surface area contributed by atoms with E-state index in [1.807, 2.05) is 28.9 Å². The Morgan fingerprint density at radius 2 is 2.00 bits per heavy atom. The summed E-state index contributed by atoms with van der Waals surface area (Å²) >= 11 is 0. The average Bonchev–Trinajstić information content (AvgIpc) is 3.30. The third-order valence-corrected chi connectivity index (χ3v) is 4.20. The number of benzene rings is 1. The minimum absolute atomic E-state index is 0.244. The van der Waals surface area contributed by atoms with E-state index in [2.05, 4.69) is 36.1 Å². The van der Waals surface area contributed by atoms with Crippen LogP contribution < -0.4 is 5.32 Å². The van der Waals surface area contributed by atoms with Crippen LogP contribution in [0.25, 0.3) is 22.3 Å². The lowest BCUT2D eigenvalue weighted by molar-refractivity contribution is 0.102. The lowest BCUT2D eigenvalue weighted by Gasteiger charge is -2.19. The van der Waals surface area contributed by atoms with E-state index in [-0.39, 0.29) is 11.4 Å². The Balaban J connectivity index is 1.84. The largest absolute Gasteiger partial charge is 0.472 e. The first-order valence-corrected chi connectivity index (χ1v) is 8.57. The van der Waals surface area contributed by atoms with Crippen LogP contribution in [0.5, 0.6) is 0 Å². The van der Waals surface area contributed by atoms with Gasteiger partial charge in [0.05, 0.1) is 28.4 Å². The fourth-order valence-electron chi connectivity index (χ4n) is 2.91. The second-order valence-corrected chi connectivity index (χ2v) is 7.20. The second-order valence-electron chi connectivity index (χ2n) is 7.20. The van der Waals surface area contributed by atoms with Gasteiger partial charge >= 0.3 is 0 Å². The fourth-order valence-corrected chi connectivity index (χ4v) is 2.91. The zero-order valence-corrected chi connectivity index (χ0v) is 15.3. The smallest absolute Gasteiger partial charge is 0.258 e. The van der Waals surface area contributed by atoms with E-state index in [0.717, 1.165) is 22.3 Å². The molecule has 1 amide bonds. The van der Waals surface area contributed by atoms with Crippen molar-refractivity contribution in [2.24, 2.45) is 0 Å². The molecule has 0 saturated heterocycles. The number of nitrogens with one attached hydrogen (secondary N) is 1. The molecule has 136 valence electrons. The zero-order chi connectivity index (χ0) is 19.0. The van der Waals surface area contributed by atoms with Gasteiger partial charge in [0.2, 0.25) is 0 Å². The summed E-state index contributed by atoms with van der Waals surface area (Å²) in [7, 11) is 0. The van der Waals surface area contributed by atoms with E-state index in [9.17, 15) is 4.79 Å². The maximum atomic E-state index is 12.5. The van der Waals surface area contributed by atoms with Gasteiger partial charge in [-0.15, -0.1) is 0 Å². The summed E-state index contributed by atoms with van der Waals surface area (Å²) in [5, 5.41) is 8.57. The van der Waals surface area contributed by atoms with Gasteiger partial charge in [-0.2, -0.15) is 5.10 Å². The van der Waals surface area contributed by atoms with Crippen molar-refractivity contribution in [3.8, 4) is 11.3 Å². The van der Waals surface area contributed by atoms with Crippen molar-refractivity contribution in [2.75, 3.05) is 5.32 Å². The van der Waals surface area contributed by atoms with E-state index < -0.39 is 0 Å². The highest BCUT2D eigenvalue weighted by molar-refractivity contribution is 6.07. The Morgan fingerprint density at radius 3 is 2.74 bits per heavy atom. The summed E-state index contributed by atoms with van der Waals surface area (Å²) < 4.78 is 6.88. The van der Waals surface area contributed by atoms with E-state index in [4.69, 9.17) is 9.52 Å². The molecule has 7 nitrogen and oxygen atoms in total. The van der Waals surface area contributed by atoms with Crippen molar-refractivity contribution in [3.05, 3.63) is 60.9 Å². The Kier molecular flexibility index (Phi) is 3.99. The molecule has 1 N–H and O–H groups in total. The van der Waals surface area contributed by atoms with Gasteiger partial charge in [-0.1, -0.05) is 18.2 Å². The third kappa shape index (κ3) is 3.08. The molecule has 0 fully saturated rings. The Labute approximate surface area is 156 Å². The molecule has 0 spiro atoms. The molecule has 4 aromatic rings. The van der Waals surface area contributed by atoms with Crippen LogP contribution in [0.2, 0.25) is 0 Å².